The van der Waals surface area contributed by atoms with Crippen LogP contribution in [0.1, 0.15) is 58.1 Å². The third kappa shape index (κ3) is 13.9. The molecule has 0 spiro atoms. The van der Waals surface area contributed by atoms with Crippen LogP contribution in [0, 0.1) is 6.92 Å². The summed E-state index contributed by atoms with van der Waals surface area (Å²) < 4.78 is 44.2. The first-order valence-corrected chi connectivity index (χ1v) is 12.2. The van der Waals surface area contributed by atoms with Crippen LogP contribution in [-0.4, -0.2) is 25.9 Å². The van der Waals surface area contributed by atoms with Crippen LogP contribution >= 0.6 is 11.6 Å². The third-order valence-corrected chi connectivity index (χ3v) is 4.87. The number of alkyl halides is 3. The van der Waals surface area contributed by atoms with Crippen LogP contribution < -0.4 is 10.6 Å². The molecular weight excluding hydrogens is 473 g/mol. The Morgan fingerprint density at radius 1 is 1.03 bits per heavy atom. The summed E-state index contributed by atoms with van der Waals surface area (Å²) in [6, 6.07) is 5.57. The molecule has 0 saturated carbocycles. The molecule has 1 aromatic carbocycles. The summed E-state index contributed by atoms with van der Waals surface area (Å²) in [7, 11) is 0. The molecule has 0 radical (unpaired) electrons. The zero-order valence-electron chi connectivity index (χ0n) is 21.6. The van der Waals surface area contributed by atoms with Gasteiger partial charge in [-0.05, 0) is 56.9 Å². The van der Waals surface area contributed by atoms with Gasteiger partial charge in [0.2, 0.25) is 0 Å². The molecule has 0 atom stereocenters. The van der Waals surface area contributed by atoms with Crippen molar-refractivity contribution in [3.63, 3.8) is 0 Å². The summed E-state index contributed by atoms with van der Waals surface area (Å²) >= 11 is 6.21. The molecule has 0 bridgehead atoms. The van der Waals surface area contributed by atoms with E-state index in [1.54, 1.807) is 12.1 Å². The van der Waals surface area contributed by atoms with Crippen LogP contribution in [0.4, 0.5) is 13.2 Å². The van der Waals surface area contributed by atoms with E-state index in [0.717, 1.165) is 68.0 Å². The van der Waals surface area contributed by atoms with Gasteiger partial charge in [-0.15, -0.1) is 0 Å². The Kier molecular flexibility index (Phi) is 16.7. The largest absolute Gasteiger partial charge is 0.416 e. The van der Waals surface area contributed by atoms with Gasteiger partial charge in [0.25, 0.3) is 0 Å². The van der Waals surface area contributed by atoms with Crippen molar-refractivity contribution in [3.8, 4) is 0 Å². The lowest BCUT2D eigenvalue weighted by atomic mass is 10.0. The minimum absolute atomic E-state index is 0.0873. The molecule has 0 saturated heterocycles. The SMILES string of the molecule is C=C(/C=C(/NCCC)c1cccc(Cl)c1C)NC(=C)/C=C(\C=C/C)C(F)(F)F.CCCOCCC. The highest BCUT2D eigenvalue weighted by Crippen LogP contribution is 2.28. The van der Waals surface area contributed by atoms with Crippen molar-refractivity contribution in [2.45, 2.75) is 60.1 Å². The maximum absolute atomic E-state index is 13.0. The fraction of sp³-hybridized carbons (Fsp3) is 0.429. The maximum atomic E-state index is 13.0. The van der Waals surface area contributed by atoms with E-state index in [1.807, 2.05) is 26.0 Å². The Bertz CT molecular complexity index is 883. The predicted octanol–water partition coefficient (Wildman–Crippen LogP) is 8.49. The molecule has 7 heteroatoms. The first-order valence-electron chi connectivity index (χ1n) is 11.9. The second-order valence-electron chi connectivity index (χ2n) is 7.78. The Morgan fingerprint density at radius 3 is 2.14 bits per heavy atom. The molecule has 196 valence electrons. The van der Waals surface area contributed by atoms with Gasteiger partial charge in [-0.1, -0.05) is 69.8 Å². The average molecular weight is 513 g/mol. The van der Waals surface area contributed by atoms with Gasteiger partial charge in [-0.25, -0.2) is 0 Å². The van der Waals surface area contributed by atoms with Crippen molar-refractivity contribution in [2.24, 2.45) is 0 Å². The average Bonchev–Trinajstić information content (AvgIpc) is 2.78. The van der Waals surface area contributed by atoms with E-state index in [-0.39, 0.29) is 5.70 Å². The van der Waals surface area contributed by atoms with Crippen LogP contribution in [0.25, 0.3) is 5.70 Å². The molecule has 0 heterocycles. The molecule has 1 aromatic rings. The Labute approximate surface area is 214 Å². The topological polar surface area (TPSA) is 33.3 Å². The van der Waals surface area contributed by atoms with Crippen molar-refractivity contribution in [3.05, 3.63) is 88.8 Å². The lowest BCUT2D eigenvalue weighted by Gasteiger charge is -2.16. The number of nitrogens with one attached hydrogen (secondary N) is 2. The number of ether oxygens (including phenoxy) is 1. The van der Waals surface area contributed by atoms with E-state index in [0.29, 0.717) is 10.7 Å². The summed E-state index contributed by atoms with van der Waals surface area (Å²) in [5.41, 5.74) is 2.28. The second-order valence-corrected chi connectivity index (χ2v) is 8.19. The van der Waals surface area contributed by atoms with Crippen LogP contribution in [0.3, 0.4) is 0 Å². The van der Waals surface area contributed by atoms with Crippen molar-refractivity contribution in [1.82, 2.24) is 10.6 Å². The summed E-state index contributed by atoms with van der Waals surface area (Å²) in [5.74, 6) is 0. The standard InChI is InChI=1S/C22H26ClF3N2.C6H14O/c1-6-9-18(22(24,25)26)13-15(3)28-16(4)14-21(27-12-7-2)19-10-8-11-20(23)17(19)5;1-3-5-7-6-4-2/h6,8-11,13-14,27-28H,3-4,7,12H2,1-2,5H3;3-6H2,1-2H3/b9-6-,18-13+,21-14+;. The van der Waals surface area contributed by atoms with E-state index in [9.17, 15) is 13.2 Å². The molecule has 3 nitrogen and oxygen atoms in total. The quantitative estimate of drug-likeness (QED) is 0.205. The maximum Gasteiger partial charge on any atom is 0.416 e. The molecule has 0 unspecified atom stereocenters. The summed E-state index contributed by atoms with van der Waals surface area (Å²) in [4.78, 5) is 0. The Balaban J connectivity index is 0.00000143. The highest BCUT2D eigenvalue weighted by Gasteiger charge is 2.31. The monoisotopic (exact) mass is 512 g/mol. The molecule has 0 amide bonds. The van der Waals surface area contributed by atoms with Crippen LogP contribution in [-0.2, 0) is 4.74 Å². The van der Waals surface area contributed by atoms with Crippen molar-refractivity contribution >= 4 is 17.3 Å². The number of allylic oxidation sites excluding steroid dienone is 5. The Morgan fingerprint density at radius 2 is 1.63 bits per heavy atom. The van der Waals surface area contributed by atoms with Crippen LogP contribution in [0.2, 0.25) is 5.02 Å². The van der Waals surface area contributed by atoms with Crippen molar-refractivity contribution in [1.29, 1.82) is 0 Å². The van der Waals surface area contributed by atoms with Gasteiger partial charge in [-0.2, -0.15) is 13.2 Å². The summed E-state index contributed by atoms with van der Waals surface area (Å²) in [6.07, 6.45) is 3.73. The van der Waals surface area contributed by atoms with E-state index < -0.39 is 11.7 Å². The van der Waals surface area contributed by atoms with E-state index >= 15 is 0 Å². The second kappa shape index (κ2) is 17.9. The van der Waals surface area contributed by atoms with Crippen molar-refractivity contribution in [2.75, 3.05) is 19.8 Å². The lowest BCUT2D eigenvalue weighted by molar-refractivity contribution is -0.0882. The van der Waals surface area contributed by atoms with Gasteiger partial charge in [-0.3, -0.25) is 0 Å². The molecule has 0 aliphatic carbocycles. The van der Waals surface area contributed by atoms with E-state index in [1.165, 1.54) is 13.0 Å². The zero-order chi connectivity index (χ0) is 26.9. The smallest absolute Gasteiger partial charge is 0.385 e. The summed E-state index contributed by atoms with van der Waals surface area (Å²) in [6.45, 7) is 19.8. The number of hydrogen-bond acceptors (Lipinski definition) is 3. The van der Waals surface area contributed by atoms with Crippen LogP contribution in [0.5, 0.6) is 0 Å². The van der Waals surface area contributed by atoms with Gasteiger partial charge in [0, 0.05) is 47.4 Å². The van der Waals surface area contributed by atoms with Crippen LogP contribution in [0.15, 0.2) is 72.6 Å². The highest BCUT2D eigenvalue weighted by atomic mass is 35.5. The molecule has 1 rings (SSSR count). The highest BCUT2D eigenvalue weighted by molar-refractivity contribution is 6.31. The first kappa shape index (κ1) is 32.6. The normalized spacial score (nSPS) is 12.3. The van der Waals surface area contributed by atoms with Gasteiger partial charge >= 0.3 is 6.18 Å². The molecule has 0 fully saturated rings. The molecule has 2 N–H and O–H groups in total. The van der Waals surface area contributed by atoms with E-state index in [2.05, 4.69) is 37.6 Å². The summed E-state index contributed by atoms with van der Waals surface area (Å²) in [5, 5.41) is 6.74. The fourth-order valence-electron chi connectivity index (χ4n) is 2.82. The minimum atomic E-state index is -4.46. The van der Waals surface area contributed by atoms with Crippen molar-refractivity contribution < 1.29 is 17.9 Å². The molecule has 0 aliphatic rings. The molecule has 0 aliphatic heterocycles. The molecular formula is C28H40ClF3N2O. The predicted molar refractivity (Wildman–Crippen MR) is 144 cm³/mol. The van der Waals surface area contributed by atoms with E-state index in [4.69, 9.17) is 16.3 Å². The van der Waals surface area contributed by atoms with Gasteiger partial charge in [0.15, 0.2) is 0 Å². The number of hydrogen-bond donors (Lipinski definition) is 2. The van der Waals surface area contributed by atoms with Gasteiger partial charge in [0.1, 0.15) is 0 Å². The van der Waals surface area contributed by atoms with Gasteiger partial charge in [0.05, 0.1) is 5.57 Å². The molecule has 35 heavy (non-hydrogen) atoms. The number of halogens is 4. The first-order chi connectivity index (χ1) is 16.5. The zero-order valence-corrected chi connectivity index (χ0v) is 22.4. The Hall–Kier alpha value is -2.44. The molecule has 0 aromatic heterocycles. The minimum Gasteiger partial charge on any atom is -0.385 e. The fourth-order valence-corrected chi connectivity index (χ4v) is 2.99. The van der Waals surface area contributed by atoms with Gasteiger partial charge < -0.3 is 15.4 Å². The number of rotatable bonds is 13. The number of benzene rings is 1. The lowest BCUT2D eigenvalue weighted by Crippen LogP contribution is -2.17. The third-order valence-electron chi connectivity index (χ3n) is 4.46.